The molecule has 0 bridgehead atoms. The van der Waals surface area contributed by atoms with Gasteiger partial charge >= 0.3 is 6.01 Å². The van der Waals surface area contributed by atoms with Gasteiger partial charge in [0.2, 0.25) is 0 Å². The number of rotatable bonds is 2. The molecule has 2 aromatic rings. The van der Waals surface area contributed by atoms with E-state index in [-0.39, 0.29) is 5.41 Å². The summed E-state index contributed by atoms with van der Waals surface area (Å²) in [4.78, 5) is 8.46. The lowest BCUT2D eigenvalue weighted by Gasteiger charge is -2.20. The highest BCUT2D eigenvalue weighted by Gasteiger charge is 2.16. The highest BCUT2D eigenvalue weighted by molar-refractivity contribution is 5.64. The summed E-state index contributed by atoms with van der Waals surface area (Å²) in [5.41, 5.74) is 4.66. The Bertz CT molecular complexity index is 586. The number of aryl methyl sites for hydroxylation is 1. The van der Waals surface area contributed by atoms with Crippen molar-refractivity contribution in [3.05, 3.63) is 41.6 Å². The predicted octanol–water partition coefficient (Wildman–Crippen LogP) is 3.76. The first-order valence-corrected chi connectivity index (χ1v) is 6.40. The maximum absolute atomic E-state index is 5.09. The Kier molecular flexibility index (Phi) is 3.56. The summed E-state index contributed by atoms with van der Waals surface area (Å²) in [6, 6.07) is 8.84. The largest absolute Gasteiger partial charge is 0.467 e. The van der Waals surface area contributed by atoms with Crippen LogP contribution in [-0.2, 0) is 5.41 Å². The van der Waals surface area contributed by atoms with E-state index >= 15 is 0 Å². The number of hydrogen-bond acceptors (Lipinski definition) is 3. The van der Waals surface area contributed by atoms with Crippen molar-refractivity contribution in [2.75, 3.05) is 7.11 Å². The van der Waals surface area contributed by atoms with Crippen molar-refractivity contribution < 1.29 is 4.74 Å². The number of methoxy groups -OCH3 is 1. The molecule has 1 aromatic heterocycles. The van der Waals surface area contributed by atoms with E-state index in [0.717, 1.165) is 11.3 Å². The van der Waals surface area contributed by atoms with Crippen molar-refractivity contribution in [1.29, 1.82) is 0 Å². The number of nitrogens with zero attached hydrogens (tertiary/aromatic N) is 2. The van der Waals surface area contributed by atoms with Crippen LogP contribution in [0.3, 0.4) is 0 Å². The first-order valence-electron chi connectivity index (χ1n) is 6.40. The number of ether oxygens (including phenoxy) is 1. The van der Waals surface area contributed by atoms with Gasteiger partial charge in [-0.1, -0.05) is 32.9 Å². The van der Waals surface area contributed by atoms with Gasteiger partial charge in [-0.05, 0) is 35.6 Å². The van der Waals surface area contributed by atoms with E-state index in [1.165, 1.54) is 11.1 Å². The molecule has 1 aromatic carbocycles. The molecule has 0 unspecified atom stereocenters. The third kappa shape index (κ3) is 2.92. The summed E-state index contributed by atoms with van der Waals surface area (Å²) in [5.74, 6) is 0. The number of benzene rings is 1. The van der Waals surface area contributed by atoms with Crippen LogP contribution in [0, 0.1) is 6.92 Å². The zero-order valence-electron chi connectivity index (χ0n) is 12.2. The summed E-state index contributed by atoms with van der Waals surface area (Å²) in [6.45, 7) is 8.72. The molecule has 3 nitrogen and oxygen atoms in total. The zero-order valence-corrected chi connectivity index (χ0v) is 12.2. The van der Waals surface area contributed by atoms with Crippen LogP contribution in [0.25, 0.3) is 11.3 Å². The fourth-order valence-electron chi connectivity index (χ4n) is 1.95. The van der Waals surface area contributed by atoms with Crippen LogP contribution in [0.4, 0.5) is 0 Å². The Morgan fingerprint density at radius 1 is 1.11 bits per heavy atom. The fourth-order valence-corrected chi connectivity index (χ4v) is 1.95. The molecule has 0 aliphatic rings. The van der Waals surface area contributed by atoms with E-state index in [0.29, 0.717) is 6.01 Å². The van der Waals surface area contributed by atoms with Crippen molar-refractivity contribution in [3.8, 4) is 17.3 Å². The second kappa shape index (κ2) is 5.00. The van der Waals surface area contributed by atoms with Gasteiger partial charge in [0.15, 0.2) is 0 Å². The fraction of sp³-hybridized carbons (Fsp3) is 0.375. The normalized spacial score (nSPS) is 11.4. The Balaban J connectivity index is 2.54. The van der Waals surface area contributed by atoms with E-state index in [4.69, 9.17) is 4.74 Å². The average molecular weight is 256 g/mol. The van der Waals surface area contributed by atoms with Crippen LogP contribution in [0.1, 0.15) is 31.9 Å². The highest BCUT2D eigenvalue weighted by Crippen LogP contribution is 2.29. The molecule has 100 valence electrons. The van der Waals surface area contributed by atoms with Crippen LogP contribution in [0.15, 0.2) is 30.5 Å². The van der Waals surface area contributed by atoms with Crippen LogP contribution in [0.5, 0.6) is 6.01 Å². The van der Waals surface area contributed by atoms with E-state index in [2.05, 4.69) is 55.9 Å². The molecule has 2 rings (SSSR count). The highest BCUT2D eigenvalue weighted by atomic mass is 16.5. The molecular formula is C16H20N2O. The van der Waals surface area contributed by atoms with Gasteiger partial charge in [-0.15, -0.1) is 0 Å². The standard InChI is InChI=1S/C16H20N2O/c1-11-6-7-12(16(2,3)4)10-13(11)14-8-9-17-15(18-14)19-5/h6-10H,1-5H3. The van der Waals surface area contributed by atoms with Gasteiger partial charge in [-0.3, -0.25) is 0 Å². The van der Waals surface area contributed by atoms with Gasteiger partial charge < -0.3 is 4.74 Å². The van der Waals surface area contributed by atoms with Crippen LogP contribution in [0.2, 0.25) is 0 Å². The molecule has 0 radical (unpaired) electrons. The molecule has 19 heavy (non-hydrogen) atoms. The van der Waals surface area contributed by atoms with Crippen molar-refractivity contribution in [1.82, 2.24) is 9.97 Å². The SMILES string of the molecule is COc1nccc(-c2cc(C(C)(C)C)ccc2C)n1. The first kappa shape index (κ1) is 13.5. The van der Waals surface area contributed by atoms with Gasteiger partial charge in [-0.25, -0.2) is 4.98 Å². The molecule has 0 aliphatic carbocycles. The molecule has 0 amide bonds. The van der Waals surface area contributed by atoms with Crippen LogP contribution < -0.4 is 4.74 Å². The molecular weight excluding hydrogens is 236 g/mol. The van der Waals surface area contributed by atoms with Crippen LogP contribution >= 0.6 is 0 Å². The average Bonchev–Trinajstić information content (AvgIpc) is 2.38. The minimum atomic E-state index is 0.125. The third-order valence-corrected chi connectivity index (χ3v) is 3.20. The van der Waals surface area contributed by atoms with Crippen molar-refractivity contribution in [2.24, 2.45) is 0 Å². The molecule has 0 saturated carbocycles. The molecule has 0 aliphatic heterocycles. The maximum atomic E-state index is 5.09. The predicted molar refractivity (Wildman–Crippen MR) is 77.5 cm³/mol. The number of aromatic nitrogens is 2. The lowest BCUT2D eigenvalue weighted by Crippen LogP contribution is -2.11. The zero-order chi connectivity index (χ0) is 14.0. The third-order valence-electron chi connectivity index (χ3n) is 3.20. The van der Waals surface area contributed by atoms with Gasteiger partial charge in [0.25, 0.3) is 0 Å². The lowest BCUT2D eigenvalue weighted by atomic mass is 9.85. The monoisotopic (exact) mass is 256 g/mol. The Morgan fingerprint density at radius 3 is 2.47 bits per heavy atom. The smallest absolute Gasteiger partial charge is 0.316 e. The van der Waals surface area contributed by atoms with E-state index < -0.39 is 0 Å². The Hall–Kier alpha value is -1.90. The topological polar surface area (TPSA) is 35.0 Å². The van der Waals surface area contributed by atoms with Crippen LogP contribution in [-0.4, -0.2) is 17.1 Å². The summed E-state index contributed by atoms with van der Waals surface area (Å²) in [5, 5.41) is 0. The van der Waals surface area contributed by atoms with Gasteiger partial charge in [0.05, 0.1) is 12.8 Å². The summed E-state index contributed by atoms with van der Waals surface area (Å²) in [6.07, 6.45) is 1.73. The first-order chi connectivity index (χ1) is 8.91. The lowest BCUT2D eigenvalue weighted by molar-refractivity contribution is 0.380. The summed E-state index contributed by atoms with van der Waals surface area (Å²) < 4.78 is 5.09. The summed E-state index contributed by atoms with van der Waals surface area (Å²) in [7, 11) is 1.58. The van der Waals surface area contributed by atoms with Gasteiger partial charge in [-0.2, -0.15) is 4.98 Å². The summed E-state index contributed by atoms with van der Waals surface area (Å²) >= 11 is 0. The molecule has 0 saturated heterocycles. The number of hydrogen-bond donors (Lipinski definition) is 0. The minimum Gasteiger partial charge on any atom is -0.467 e. The van der Waals surface area contributed by atoms with E-state index in [1.54, 1.807) is 13.3 Å². The van der Waals surface area contributed by atoms with Gasteiger partial charge in [0.1, 0.15) is 0 Å². The van der Waals surface area contributed by atoms with E-state index in [1.807, 2.05) is 6.07 Å². The van der Waals surface area contributed by atoms with E-state index in [9.17, 15) is 0 Å². The Morgan fingerprint density at radius 2 is 1.84 bits per heavy atom. The van der Waals surface area contributed by atoms with Crippen molar-refractivity contribution in [3.63, 3.8) is 0 Å². The van der Waals surface area contributed by atoms with Crippen molar-refractivity contribution >= 4 is 0 Å². The van der Waals surface area contributed by atoms with Gasteiger partial charge in [0, 0.05) is 11.8 Å². The second-order valence-electron chi connectivity index (χ2n) is 5.71. The molecule has 0 fully saturated rings. The van der Waals surface area contributed by atoms with Crippen molar-refractivity contribution in [2.45, 2.75) is 33.1 Å². The molecule has 0 atom stereocenters. The minimum absolute atomic E-state index is 0.125. The quantitative estimate of drug-likeness (QED) is 0.820. The molecule has 1 heterocycles. The molecule has 0 spiro atoms. The molecule has 0 N–H and O–H groups in total. The Labute approximate surface area is 114 Å². The maximum Gasteiger partial charge on any atom is 0.316 e. The second-order valence-corrected chi connectivity index (χ2v) is 5.71. The molecule has 3 heteroatoms.